The summed E-state index contributed by atoms with van der Waals surface area (Å²) in [6.45, 7) is 10.1. The van der Waals surface area contributed by atoms with Crippen molar-refractivity contribution in [3.8, 4) is 0 Å². The second kappa shape index (κ2) is 5.21. The fourth-order valence-electron chi connectivity index (χ4n) is 3.35. The van der Waals surface area contributed by atoms with E-state index in [4.69, 9.17) is 0 Å². The number of hydrogen-bond acceptors (Lipinski definition) is 2. The number of aromatic nitrogens is 2. The van der Waals surface area contributed by atoms with E-state index in [2.05, 4.69) is 49.0 Å². The first-order valence-corrected chi connectivity index (χ1v) is 6.86. The zero-order valence-corrected chi connectivity index (χ0v) is 11.5. The quantitative estimate of drug-likeness (QED) is 0.873. The first-order chi connectivity index (χ1) is 8.11. The van der Waals surface area contributed by atoms with Crippen molar-refractivity contribution in [1.82, 2.24) is 15.1 Å². The molecule has 1 fully saturated rings. The van der Waals surface area contributed by atoms with Crippen LogP contribution in [0, 0.1) is 18.8 Å². The normalized spacial score (nSPS) is 33.9. The number of nitrogens with zero attached hydrogens (tertiary/aromatic N) is 2. The summed E-state index contributed by atoms with van der Waals surface area (Å²) in [5.74, 6) is 1.52. The summed E-state index contributed by atoms with van der Waals surface area (Å²) in [6, 6.07) is 1.08. The summed E-state index contributed by atoms with van der Waals surface area (Å²) >= 11 is 0. The largest absolute Gasteiger partial charge is 0.312 e. The SMILES string of the molecule is CCNC1CC(C)CC(C)C1n1cc(C)cn1. The molecule has 3 nitrogen and oxygen atoms in total. The molecule has 1 saturated carbocycles. The Morgan fingerprint density at radius 1 is 1.41 bits per heavy atom. The Morgan fingerprint density at radius 3 is 2.76 bits per heavy atom. The molecule has 1 aromatic rings. The Balaban J connectivity index is 2.21. The number of aryl methyl sites for hydroxylation is 1. The highest BCUT2D eigenvalue weighted by Gasteiger charge is 2.35. The second-order valence-corrected chi connectivity index (χ2v) is 5.71. The van der Waals surface area contributed by atoms with Crippen molar-refractivity contribution >= 4 is 0 Å². The third kappa shape index (κ3) is 2.71. The average Bonchev–Trinajstić information content (AvgIpc) is 2.64. The molecule has 0 aliphatic heterocycles. The highest BCUT2D eigenvalue weighted by molar-refractivity contribution is 5.03. The van der Waals surface area contributed by atoms with Crippen LogP contribution in [0.2, 0.25) is 0 Å². The lowest BCUT2D eigenvalue weighted by molar-refractivity contribution is 0.144. The molecule has 1 aromatic heterocycles. The second-order valence-electron chi connectivity index (χ2n) is 5.71. The molecule has 0 bridgehead atoms. The van der Waals surface area contributed by atoms with Crippen LogP contribution in [0.15, 0.2) is 12.4 Å². The van der Waals surface area contributed by atoms with E-state index in [1.54, 1.807) is 0 Å². The number of rotatable bonds is 3. The van der Waals surface area contributed by atoms with Gasteiger partial charge in [0, 0.05) is 12.2 Å². The summed E-state index contributed by atoms with van der Waals surface area (Å²) in [5, 5.41) is 8.17. The van der Waals surface area contributed by atoms with E-state index in [0.29, 0.717) is 18.0 Å². The van der Waals surface area contributed by atoms with Gasteiger partial charge in [-0.15, -0.1) is 0 Å². The van der Waals surface area contributed by atoms with Crippen LogP contribution in [0.5, 0.6) is 0 Å². The van der Waals surface area contributed by atoms with Crippen LogP contribution in [0.1, 0.15) is 45.2 Å². The lowest BCUT2D eigenvalue weighted by Gasteiger charge is -2.40. The van der Waals surface area contributed by atoms with Gasteiger partial charge in [0.15, 0.2) is 0 Å². The Morgan fingerprint density at radius 2 is 2.18 bits per heavy atom. The zero-order valence-electron chi connectivity index (χ0n) is 11.5. The van der Waals surface area contributed by atoms with Gasteiger partial charge in [0.2, 0.25) is 0 Å². The maximum atomic E-state index is 4.52. The van der Waals surface area contributed by atoms with Crippen LogP contribution in [0.25, 0.3) is 0 Å². The highest BCUT2D eigenvalue weighted by Crippen LogP contribution is 2.36. The molecule has 0 spiro atoms. The molecule has 17 heavy (non-hydrogen) atoms. The molecule has 0 amide bonds. The average molecular weight is 235 g/mol. The van der Waals surface area contributed by atoms with Crippen LogP contribution in [0.4, 0.5) is 0 Å². The van der Waals surface area contributed by atoms with E-state index in [1.165, 1.54) is 18.4 Å². The van der Waals surface area contributed by atoms with Crippen molar-refractivity contribution < 1.29 is 0 Å². The molecule has 0 aromatic carbocycles. The molecule has 2 rings (SSSR count). The fourth-order valence-corrected chi connectivity index (χ4v) is 3.35. The molecule has 1 aliphatic rings. The Bertz CT molecular complexity index is 358. The molecule has 0 saturated heterocycles. The van der Waals surface area contributed by atoms with Crippen molar-refractivity contribution in [1.29, 1.82) is 0 Å². The van der Waals surface area contributed by atoms with E-state index in [-0.39, 0.29) is 0 Å². The molecule has 4 atom stereocenters. The topological polar surface area (TPSA) is 29.9 Å². The minimum Gasteiger partial charge on any atom is -0.312 e. The molecule has 0 radical (unpaired) electrons. The molecule has 4 unspecified atom stereocenters. The van der Waals surface area contributed by atoms with Gasteiger partial charge in [-0.3, -0.25) is 4.68 Å². The van der Waals surface area contributed by atoms with Gasteiger partial charge in [0.1, 0.15) is 0 Å². The van der Waals surface area contributed by atoms with Gasteiger partial charge >= 0.3 is 0 Å². The van der Waals surface area contributed by atoms with Gasteiger partial charge in [-0.1, -0.05) is 20.8 Å². The first kappa shape index (κ1) is 12.6. The lowest BCUT2D eigenvalue weighted by atomic mass is 9.76. The molecule has 1 N–H and O–H groups in total. The summed E-state index contributed by atoms with van der Waals surface area (Å²) < 4.78 is 2.18. The van der Waals surface area contributed by atoms with Crippen LogP contribution in [0.3, 0.4) is 0 Å². The van der Waals surface area contributed by atoms with E-state index < -0.39 is 0 Å². The zero-order chi connectivity index (χ0) is 12.4. The Labute approximate surface area is 105 Å². The fraction of sp³-hybridized carbons (Fsp3) is 0.786. The Hall–Kier alpha value is -0.830. The van der Waals surface area contributed by atoms with E-state index in [1.807, 2.05) is 6.20 Å². The molecule has 1 aliphatic carbocycles. The van der Waals surface area contributed by atoms with E-state index in [0.717, 1.165) is 12.5 Å². The minimum absolute atomic E-state index is 0.514. The smallest absolute Gasteiger partial charge is 0.0697 e. The van der Waals surface area contributed by atoms with Crippen LogP contribution < -0.4 is 5.32 Å². The van der Waals surface area contributed by atoms with Gasteiger partial charge < -0.3 is 5.32 Å². The van der Waals surface area contributed by atoms with Crippen molar-refractivity contribution in [3.63, 3.8) is 0 Å². The van der Waals surface area contributed by atoms with Crippen LogP contribution in [-0.2, 0) is 0 Å². The lowest BCUT2D eigenvalue weighted by Crippen LogP contribution is -2.45. The van der Waals surface area contributed by atoms with Gasteiger partial charge in [0.05, 0.1) is 12.2 Å². The van der Waals surface area contributed by atoms with Gasteiger partial charge in [-0.2, -0.15) is 5.10 Å². The van der Waals surface area contributed by atoms with Crippen molar-refractivity contribution in [2.75, 3.05) is 6.54 Å². The maximum absolute atomic E-state index is 4.52. The summed E-state index contributed by atoms with van der Waals surface area (Å²) in [7, 11) is 0. The minimum atomic E-state index is 0.514. The standard InChI is InChI=1S/C14H25N3/c1-5-15-13-7-10(2)6-12(4)14(13)17-9-11(3)8-16-17/h8-10,12-15H,5-7H2,1-4H3. The molecule has 3 heteroatoms. The van der Waals surface area contributed by atoms with Crippen molar-refractivity contribution in [2.24, 2.45) is 11.8 Å². The molecular formula is C14H25N3. The number of nitrogens with one attached hydrogen (secondary N) is 1. The summed E-state index contributed by atoms with van der Waals surface area (Å²) in [5.41, 5.74) is 1.26. The summed E-state index contributed by atoms with van der Waals surface area (Å²) in [6.07, 6.45) is 6.72. The van der Waals surface area contributed by atoms with Crippen molar-refractivity contribution in [2.45, 2.75) is 52.6 Å². The molecule has 96 valence electrons. The van der Waals surface area contributed by atoms with Gasteiger partial charge in [-0.05, 0) is 43.7 Å². The van der Waals surface area contributed by atoms with Gasteiger partial charge in [0.25, 0.3) is 0 Å². The third-order valence-electron chi connectivity index (χ3n) is 3.93. The monoisotopic (exact) mass is 235 g/mol. The van der Waals surface area contributed by atoms with E-state index >= 15 is 0 Å². The Kier molecular flexibility index (Phi) is 3.87. The van der Waals surface area contributed by atoms with E-state index in [9.17, 15) is 0 Å². The van der Waals surface area contributed by atoms with Crippen LogP contribution in [-0.4, -0.2) is 22.4 Å². The molecule has 1 heterocycles. The maximum Gasteiger partial charge on any atom is 0.0697 e. The van der Waals surface area contributed by atoms with Gasteiger partial charge in [-0.25, -0.2) is 0 Å². The summed E-state index contributed by atoms with van der Waals surface area (Å²) in [4.78, 5) is 0. The molecular weight excluding hydrogens is 210 g/mol. The highest BCUT2D eigenvalue weighted by atomic mass is 15.3. The third-order valence-corrected chi connectivity index (χ3v) is 3.93. The predicted molar refractivity (Wildman–Crippen MR) is 71.0 cm³/mol. The number of hydrogen-bond donors (Lipinski definition) is 1. The number of likely N-dealkylation sites (N-methyl/N-ethyl adjacent to an activating group) is 1. The first-order valence-electron chi connectivity index (χ1n) is 6.86. The van der Waals surface area contributed by atoms with Crippen molar-refractivity contribution in [3.05, 3.63) is 18.0 Å². The van der Waals surface area contributed by atoms with Crippen LogP contribution >= 0.6 is 0 Å². The predicted octanol–water partition coefficient (Wildman–Crippen LogP) is 2.78.